The summed E-state index contributed by atoms with van der Waals surface area (Å²) < 4.78 is 31.6. The number of carbonyl (C=O) groups is 1. The molecule has 1 aromatic carbocycles. The van der Waals surface area contributed by atoms with Gasteiger partial charge in [-0.2, -0.15) is 8.42 Å². The number of carbonyl (C=O) groups excluding carboxylic acids is 1. The third-order valence-corrected chi connectivity index (χ3v) is 3.59. The molecule has 25 heavy (non-hydrogen) atoms. The van der Waals surface area contributed by atoms with Crippen LogP contribution in [0, 0.1) is 0 Å². The highest BCUT2D eigenvalue weighted by atomic mass is 35.5. The van der Waals surface area contributed by atoms with E-state index >= 15 is 0 Å². The fraction of sp³-hybridized carbons (Fsp3) is 0.214. The molecule has 0 saturated heterocycles. The van der Waals surface area contributed by atoms with Crippen LogP contribution in [0.1, 0.15) is 10.5 Å². The van der Waals surface area contributed by atoms with Gasteiger partial charge < -0.3 is 19.6 Å². The Morgan fingerprint density at radius 1 is 1.16 bits per heavy atom. The van der Waals surface area contributed by atoms with Crippen LogP contribution >= 0.6 is 11.6 Å². The van der Waals surface area contributed by atoms with Crippen LogP contribution in [-0.4, -0.2) is 44.8 Å². The van der Waals surface area contributed by atoms with Gasteiger partial charge in [0.15, 0.2) is 22.5 Å². The standard InChI is InChI=1S/C14H15ClN4O5S/c1-16-13-11(15)18-10(14(20)23-2)12(19-13)17-8-4-6-9(7-5-8)24-25(3,21)22/h4-7H,1-3H3,(H2,16,17,19). The molecule has 0 amide bonds. The van der Waals surface area contributed by atoms with Gasteiger partial charge in [-0.05, 0) is 24.3 Å². The summed E-state index contributed by atoms with van der Waals surface area (Å²) in [6.45, 7) is 0. The molecule has 0 atom stereocenters. The van der Waals surface area contributed by atoms with Crippen molar-refractivity contribution in [2.75, 3.05) is 31.0 Å². The zero-order valence-electron chi connectivity index (χ0n) is 13.5. The molecule has 0 bridgehead atoms. The topological polar surface area (TPSA) is 120 Å². The number of benzene rings is 1. The summed E-state index contributed by atoms with van der Waals surface area (Å²) in [7, 11) is -0.792. The van der Waals surface area contributed by atoms with Gasteiger partial charge in [-0.3, -0.25) is 0 Å². The van der Waals surface area contributed by atoms with Crippen LogP contribution in [0.4, 0.5) is 17.3 Å². The van der Waals surface area contributed by atoms with Crippen molar-refractivity contribution in [2.45, 2.75) is 0 Å². The molecule has 2 rings (SSSR count). The first-order valence-corrected chi connectivity index (χ1v) is 9.03. The summed E-state index contributed by atoms with van der Waals surface area (Å²) in [5, 5.41) is 5.68. The van der Waals surface area contributed by atoms with Crippen molar-refractivity contribution in [3.63, 3.8) is 0 Å². The number of esters is 1. The molecular formula is C14H15ClN4O5S. The maximum Gasteiger partial charge on any atom is 0.360 e. The van der Waals surface area contributed by atoms with Crippen LogP contribution in [0.2, 0.25) is 5.15 Å². The number of anilines is 3. The predicted molar refractivity (Wildman–Crippen MR) is 93.1 cm³/mol. The molecular weight excluding hydrogens is 372 g/mol. The minimum absolute atomic E-state index is 0.0188. The number of hydrogen-bond donors (Lipinski definition) is 2. The Balaban J connectivity index is 2.34. The molecule has 0 fully saturated rings. The number of methoxy groups -OCH3 is 1. The molecule has 2 N–H and O–H groups in total. The van der Waals surface area contributed by atoms with Crippen molar-refractivity contribution < 1.29 is 22.1 Å². The Labute approximate surface area is 149 Å². The Kier molecular flexibility index (Phi) is 5.65. The van der Waals surface area contributed by atoms with E-state index in [0.29, 0.717) is 5.69 Å². The molecule has 0 spiro atoms. The summed E-state index contributed by atoms with van der Waals surface area (Å²) in [5.41, 5.74) is 0.424. The van der Waals surface area contributed by atoms with E-state index in [9.17, 15) is 13.2 Å². The van der Waals surface area contributed by atoms with E-state index in [2.05, 4.69) is 25.3 Å². The van der Waals surface area contributed by atoms with E-state index < -0.39 is 16.1 Å². The minimum atomic E-state index is -3.61. The van der Waals surface area contributed by atoms with Gasteiger partial charge in [0.05, 0.1) is 13.4 Å². The van der Waals surface area contributed by atoms with Crippen LogP contribution < -0.4 is 14.8 Å². The van der Waals surface area contributed by atoms with E-state index in [0.717, 1.165) is 6.26 Å². The number of hydrogen-bond acceptors (Lipinski definition) is 9. The van der Waals surface area contributed by atoms with Gasteiger partial charge >= 0.3 is 16.1 Å². The lowest BCUT2D eigenvalue weighted by Crippen LogP contribution is -2.12. The Morgan fingerprint density at radius 2 is 1.80 bits per heavy atom. The third kappa shape index (κ3) is 4.94. The molecule has 1 aromatic heterocycles. The van der Waals surface area contributed by atoms with E-state index in [-0.39, 0.29) is 28.2 Å². The smallest absolute Gasteiger partial charge is 0.360 e. The number of ether oxygens (including phenoxy) is 1. The van der Waals surface area contributed by atoms with Crippen LogP contribution in [0.3, 0.4) is 0 Å². The number of rotatable bonds is 6. The molecule has 134 valence electrons. The monoisotopic (exact) mass is 386 g/mol. The van der Waals surface area contributed by atoms with Crippen molar-refractivity contribution in [3.8, 4) is 5.75 Å². The Morgan fingerprint density at radius 3 is 2.32 bits per heavy atom. The maximum absolute atomic E-state index is 11.9. The molecule has 0 radical (unpaired) electrons. The van der Waals surface area contributed by atoms with Crippen molar-refractivity contribution in [1.29, 1.82) is 0 Å². The van der Waals surface area contributed by atoms with Gasteiger partial charge in [-0.25, -0.2) is 14.8 Å². The van der Waals surface area contributed by atoms with Gasteiger partial charge in [0.1, 0.15) is 5.75 Å². The van der Waals surface area contributed by atoms with E-state index in [1.165, 1.54) is 19.2 Å². The number of nitrogens with zero attached hydrogens (tertiary/aromatic N) is 2. The first kappa shape index (κ1) is 18.7. The zero-order valence-corrected chi connectivity index (χ0v) is 15.1. The highest BCUT2D eigenvalue weighted by molar-refractivity contribution is 7.86. The Hall–Kier alpha value is -2.59. The third-order valence-electron chi connectivity index (χ3n) is 2.83. The second-order valence-corrected chi connectivity index (χ2v) is 6.67. The molecule has 0 saturated carbocycles. The van der Waals surface area contributed by atoms with Gasteiger partial charge in [0, 0.05) is 12.7 Å². The molecule has 1 heterocycles. The zero-order chi connectivity index (χ0) is 18.6. The summed E-state index contributed by atoms with van der Waals surface area (Å²) in [6.07, 6.45) is 0.949. The summed E-state index contributed by atoms with van der Waals surface area (Å²) in [6, 6.07) is 6.00. The van der Waals surface area contributed by atoms with Gasteiger partial charge in [0.25, 0.3) is 0 Å². The largest absolute Gasteiger partial charge is 0.464 e. The summed E-state index contributed by atoms with van der Waals surface area (Å²) >= 11 is 5.94. The van der Waals surface area contributed by atoms with Crippen LogP contribution in [0.15, 0.2) is 24.3 Å². The lowest BCUT2D eigenvalue weighted by molar-refractivity contribution is 0.0595. The average Bonchev–Trinajstić information content (AvgIpc) is 2.55. The molecule has 11 heteroatoms. The molecule has 9 nitrogen and oxygen atoms in total. The van der Waals surface area contributed by atoms with E-state index in [1.54, 1.807) is 19.2 Å². The Bertz CT molecular complexity index is 887. The quantitative estimate of drug-likeness (QED) is 0.567. The van der Waals surface area contributed by atoms with Crippen molar-refractivity contribution in [2.24, 2.45) is 0 Å². The second-order valence-electron chi connectivity index (χ2n) is 4.74. The van der Waals surface area contributed by atoms with Crippen molar-refractivity contribution in [3.05, 3.63) is 35.1 Å². The normalized spacial score (nSPS) is 10.9. The molecule has 0 aliphatic heterocycles. The summed E-state index contributed by atoms with van der Waals surface area (Å²) in [4.78, 5) is 20.0. The second kappa shape index (κ2) is 7.53. The molecule has 0 aliphatic carbocycles. The van der Waals surface area contributed by atoms with Crippen molar-refractivity contribution in [1.82, 2.24) is 9.97 Å². The van der Waals surface area contributed by atoms with Crippen LogP contribution in [0.25, 0.3) is 0 Å². The number of halogens is 1. The first-order valence-electron chi connectivity index (χ1n) is 6.83. The lowest BCUT2D eigenvalue weighted by Gasteiger charge is -2.12. The predicted octanol–water partition coefficient (Wildman–Crippen LogP) is 2.04. The lowest BCUT2D eigenvalue weighted by atomic mass is 10.3. The van der Waals surface area contributed by atoms with Crippen LogP contribution in [-0.2, 0) is 14.9 Å². The van der Waals surface area contributed by atoms with Gasteiger partial charge in [0.2, 0.25) is 0 Å². The van der Waals surface area contributed by atoms with E-state index in [4.69, 9.17) is 15.8 Å². The minimum Gasteiger partial charge on any atom is -0.464 e. The highest BCUT2D eigenvalue weighted by Gasteiger charge is 2.19. The van der Waals surface area contributed by atoms with Crippen LogP contribution in [0.5, 0.6) is 5.75 Å². The molecule has 0 aliphatic rings. The van der Waals surface area contributed by atoms with Crippen molar-refractivity contribution >= 4 is 45.0 Å². The highest BCUT2D eigenvalue weighted by Crippen LogP contribution is 2.26. The first-order chi connectivity index (χ1) is 11.7. The van der Waals surface area contributed by atoms with Gasteiger partial charge in [-0.15, -0.1) is 0 Å². The average molecular weight is 387 g/mol. The van der Waals surface area contributed by atoms with Gasteiger partial charge in [-0.1, -0.05) is 11.6 Å². The summed E-state index contributed by atoms with van der Waals surface area (Å²) in [5.74, 6) is -0.165. The fourth-order valence-corrected chi connectivity index (χ4v) is 2.49. The van der Waals surface area contributed by atoms with E-state index in [1.807, 2.05) is 0 Å². The number of nitrogens with one attached hydrogen (secondary N) is 2. The molecule has 2 aromatic rings. The SMILES string of the molecule is CNc1nc(Nc2ccc(OS(C)(=O)=O)cc2)c(C(=O)OC)nc1Cl. The maximum atomic E-state index is 11.9. The molecule has 0 unspecified atom stereocenters. The number of aromatic nitrogens is 2. The fourth-order valence-electron chi connectivity index (χ4n) is 1.81.